The summed E-state index contributed by atoms with van der Waals surface area (Å²) in [6.07, 6.45) is 3.37. The van der Waals surface area contributed by atoms with E-state index in [1.807, 2.05) is 36.4 Å². The summed E-state index contributed by atoms with van der Waals surface area (Å²) >= 11 is 0. The Bertz CT molecular complexity index is 629. The van der Waals surface area contributed by atoms with Crippen LogP contribution in [0.2, 0.25) is 0 Å². The monoisotopic (exact) mass is 279 g/mol. The molecule has 0 aliphatic rings. The summed E-state index contributed by atoms with van der Waals surface area (Å²) in [6.45, 7) is 2.74. The highest BCUT2D eigenvalue weighted by Crippen LogP contribution is 2.17. The number of nitriles is 1. The number of unbranched alkanes of at least 4 members (excludes halogenated alkanes) is 1. The standard InChI is InChI=1S/C17H17N3O/c1-2-3-11-20(15-7-5-4-6-8-15)17(21)16-10-9-14(12-18)13-19-16/h4-10,13H,2-3,11H2,1H3. The van der Waals surface area contributed by atoms with E-state index in [1.165, 1.54) is 6.20 Å². The van der Waals surface area contributed by atoms with Gasteiger partial charge in [-0.25, -0.2) is 4.98 Å². The molecule has 0 aliphatic heterocycles. The van der Waals surface area contributed by atoms with Crippen molar-refractivity contribution < 1.29 is 4.79 Å². The average Bonchev–Trinajstić information content (AvgIpc) is 2.56. The molecule has 0 bridgehead atoms. The molecule has 2 rings (SSSR count). The third-order valence-corrected chi connectivity index (χ3v) is 3.16. The first-order valence-corrected chi connectivity index (χ1v) is 6.99. The minimum Gasteiger partial charge on any atom is -0.307 e. The predicted octanol–water partition coefficient (Wildman–Crippen LogP) is 3.40. The highest BCUT2D eigenvalue weighted by atomic mass is 16.2. The number of benzene rings is 1. The zero-order valence-electron chi connectivity index (χ0n) is 12.0. The van der Waals surface area contributed by atoms with Gasteiger partial charge in [0.05, 0.1) is 5.56 Å². The molecule has 0 N–H and O–H groups in total. The Kier molecular flexibility index (Phi) is 5.05. The Balaban J connectivity index is 2.27. The first-order valence-electron chi connectivity index (χ1n) is 6.99. The Morgan fingerprint density at radius 3 is 2.57 bits per heavy atom. The van der Waals surface area contributed by atoms with Crippen LogP contribution in [0, 0.1) is 11.3 Å². The second-order valence-corrected chi connectivity index (χ2v) is 4.69. The van der Waals surface area contributed by atoms with Gasteiger partial charge in [0.25, 0.3) is 5.91 Å². The highest BCUT2D eigenvalue weighted by molar-refractivity contribution is 6.04. The molecule has 0 saturated carbocycles. The van der Waals surface area contributed by atoms with Crippen LogP contribution in [0.1, 0.15) is 35.8 Å². The van der Waals surface area contributed by atoms with Gasteiger partial charge in [-0.05, 0) is 30.7 Å². The third-order valence-electron chi connectivity index (χ3n) is 3.16. The van der Waals surface area contributed by atoms with Gasteiger partial charge >= 0.3 is 0 Å². The minimum atomic E-state index is -0.140. The normalized spacial score (nSPS) is 9.90. The minimum absolute atomic E-state index is 0.140. The maximum Gasteiger partial charge on any atom is 0.276 e. The molecule has 2 aromatic rings. The molecule has 21 heavy (non-hydrogen) atoms. The molecule has 0 spiro atoms. The fourth-order valence-electron chi connectivity index (χ4n) is 2.00. The lowest BCUT2D eigenvalue weighted by Crippen LogP contribution is -2.32. The summed E-state index contributed by atoms with van der Waals surface area (Å²) in [7, 11) is 0. The molecule has 0 aliphatic carbocycles. The zero-order valence-corrected chi connectivity index (χ0v) is 12.0. The van der Waals surface area contributed by atoms with Crippen LogP contribution in [-0.4, -0.2) is 17.4 Å². The Morgan fingerprint density at radius 1 is 1.24 bits per heavy atom. The topological polar surface area (TPSA) is 57.0 Å². The molecule has 1 heterocycles. The van der Waals surface area contributed by atoms with Gasteiger partial charge in [-0.15, -0.1) is 0 Å². The number of amides is 1. The molecule has 1 aromatic heterocycles. The molecule has 106 valence electrons. The van der Waals surface area contributed by atoms with E-state index in [1.54, 1.807) is 17.0 Å². The van der Waals surface area contributed by atoms with Crippen LogP contribution >= 0.6 is 0 Å². The zero-order chi connectivity index (χ0) is 15.1. The second kappa shape index (κ2) is 7.20. The van der Waals surface area contributed by atoms with Crippen molar-refractivity contribution in [1.82, 2.24) is 4.98 Å². The van der Waals surface area contributed by atoms with Gasteiger partial charge in [-0.2, -0.15) is 5.26 Å². The van der Waals surface area contributed by atoms with Gasteiger partial charge in [-0.1, -0.05) is 31.5 Å². The molecule has 4 nitrogen and oxygen atoms in total. The van der Waals surface area contributed by atoms with E-state index >= 15 is 0 Å². The smallest absolute Gasteiger partial charge is 0.276 e. The van der Waals surface area contributed by atoms with Gasteiger partial charge in [0, 0.05) is 18.4 Å². The van der Waals surface area contributed by atoms with Crippen molar-refractivity contribution in [3.63, 3.8) is 0 Å². The molecule has 1 aromatic carbocycles. The molecule has 0 saturated heterocycles. The SMILES string of the molecule is CCCCN(C(=O)c1ccc(C#N)cn1)c1ccccc1. The molecule has 0 fully saturated rings. The second-order valence-electron chi connectivity index (χ2n) is 4.69. The van der Waals surface area contributed by atoms with E-state index < -0.39 is 0 Å². The van der Waals surface area contributed by atoms with Crippen LogP contribution < -0.4 is 4.90 Å². The number of carbonyl (C=O) groups excluding carboxylic acids is 1. The fourth-order valence-corrected chi connectivity index (χ4v) is 2.00. The molecular formula is C17H17N3O. The summed E-state index contributed by atoms with van der Waals surface area (Å²) < 4.78 is 0. The predicted molar refractivity (Wildman–Crippen MR) is 82.0 cm³/mol. The van der Waals surface area contributed by atoms with Crippen molar-refractivity contribution in [3.05, 3.63) is 59.9 Å². The summed E-state index contributed by atoms with van der Waals surface area (Å²) in [4.78, 5) is 18.5. The number of nitrogens with zero attached hydrogens (tertiary/aromatic N) is 3. The maximum absolute atomic E-state index is 12.6. The summed E-state index contributed by atoms with van der Waals surface area (Å²) in [5, 5.41) is 8.79. The number of para-hydroxylation sites is 1. The quantitative estimate of drug-likeness (QED) is 0.842. The number of carbonyl (C=O) groups is 1. The van der Waals surface area contributed by atoms with Crippen molar-refractivity contribution in [3.8, 4) is 6.07 Å². The first kappa shape index (κ1) is 14.7. The van der Waals surface area contributed by atoms with E-state index in [-0.39, 0.29) is 5.91 Å². The largest absolute Gasteiger partial charge is 0.307 e. The van der Waals surface area contributed by atoms with E-state index in [0.717, 1.165) is 18.5 Å². The molecule has 0 atom stereocenters. The van der Waals surface area contributed by atoms with Gasteiger partial charge in [-0.3, -0.25) is 4.79 Å². The van der Waals surface area contributed by atoms with Crippen molar-refractivity contribution in [1.29, 1.82) is 5.26 Å². The summed E-state index contributed by atoms with van der Waals surface area (Å²) in [5.74, 6) is -0.140. The van der Waals surface area contributed by atoms with E-state index in [4.69, 9.17) is 5.26 Å². The Morgan fingerprint density at radius 2 is 2.00 bits per heavy atom. The van der Waals surface area contributed by atoms with Gasteiger partial charge < -0.3 is 4.90 Å². The van der Waals surface area contributed by atoms with Gasteiger partial charge in [0.2, 0.25) is 0 Å². The first-order chi connectivity index (χ1) is 10.3. The van der Waals surface area contributed by atoms with Crippen LogP contribution in [0.5, 0.6) is 0 Å². The number of hydrogen-bond acceptors (Lipinski definition) is 3. The van der Waals surface area contributed by atoms with Gasteiger partial charge in [0.15, 0.2) is 0 Å². The third kappa shape index (κ3) is 3.67. The van der Waals surface area contributed by atoms with Crippen molar-refractivity contribution in [2.75, 3.05) is 11.4 Å². The number of pyridine rings is 1. The Labute approximate surface area is 124 Å². The fraction of sp³-hybridized carbons (Fsp3) is 0.235. The van der Waals surface area contributed by atoms with Crippen LogP contribution in [0.15, 0.2) is 48.7 Å². The lowest BCUT2D eigenvalue weighted by atomic mass is 10.2. The van der Waals surface area contributed by atoms with E-state index in [0.29, 0.717) is 17.8 Å². The van der Waals surface area contributed by atoms with Crippen molar-refractivity contribution >= 4 is 11.6 Å². The molecular weight excluding hydrogens is 262 g/mol. The van der Waals surface area contributed by atoms with Crippen molar-refractivity contribution in [2.45, 2.75) is 19.8 Å². The van der Waals surface area contributed by atoms with Crippen molar-refractivity contribution in [2.24, 2.45) is 0 Å². The number of aromatic nitrogens is 1. The van der Waals surface area contributed by atoms with Crippen LogP contribution in [0.4, 0.5) is 5.69 Å². The summed E-state index contributed by atoms with van der Waals surface area (Å²) in [6, 6.07) is 14.8. The lowest BCUT2D eigenvalue weighted by Gasteiger charge is -2.22. The van der Waals surface area contributed by atoms with E-state index in [2.05, 4.69) is 11.9 Å². The van der Waals surface area contributed by atoms with Crippen LogP contribution in [0.3, 0.4) is 0 Å². The average molecular weight is 279 g/mol. The Hall–Kier alpha value is -2.67. The van der Waals surface area contributed by atoms with E-state index in [9.17, 15) is 4.79 Å². The molecule has 0 unspecified atom stereocenters. The maximum atomic E-state index is 12.6. The molecule has 4 heteroatoms. The molecule has 1 amide bonds. The van der Waals surface area contributed by atoms with Gasteiger partial charge in [0.1, 0.15) is 11.8 Å². The van der Waals surface area contributed by atoms with Crippen LogP contribution in [0.25, 0.3) is 0 Å². The number of anilines is 1. The molecule has 0 radical (unpaired) electrons. The highest BCUT2D eigenvalue weighted by Gasteiger charge is 2.18. The number of hydrogen-bond donors (Lipinski definition) is 0. The lowest BCUT2D eigenvalue weighted by molar-refractivity contribution is 0.0982. The number of rotatable bonds is 5. The van der Waals surface area contributed by atoms with Crippen LogP contribution in [-0.2, 0) is 0 Å². The summed E-state index contributed by atoms with van der Waals surface area (Å²) in [5.41, 5.74) is 1.67.